The molecule has 0 aliphatic carbocycles. The molecule has 90 valence electrons. The number of hydrogen-bond donors (Lipinski definition) is 0. The zero-order valence-corrected chi connectivity index (χ0v) is 11.0. The van der Waals surface area contributed by atoms with Crippen molar-refractivity contribution >= 4 is 29.0 Å². The van der Waals surface area contributed by atoms with Crippen molar-refractivity contribution in [2.24, 2.45) is 5.92 Å². The van der Waals surface area contributed by atoms with Gasteiger partial charge in [0.1, 0.15) is 5.82 Å². The first-order valence-corrected chi connectivity index (χ1v) is 7.43. The Balaban J connectivity index is 1.84. The monoisotopic (exact) mass is 267 g/mol. The molecule has 0 spiro atoms. The summed E-state index contributed by atoms with van der Waals surface area (Å²) in [5.74, 6) is 4.40. The molecule has 0 radical (unpaired) electrons. The van der Waals surface area contributed by atoms with E-state index in [4.69, 9.17) is 11.6 Å². The van der Waals surface area contributed by atoms with Gasteiger partial charge in [0.2, 0.25) is 0 Å². The van der Waals surface area contributed by atoms with Gasteiger partial charge in [0, 0.05) is 23.7 Å². The van der Waals surface area contributed by atoms with Gasteiger partial charge in [-0.3, -0.25) is 4.40 Å². The lowest BCUT2D eigenvalue weighted by molar-refractivity contribution is 0.474. The number of rotatable bonds is 2. The highest BCUT2D eigenvalue weighted by Gasteiger charge is 2.17. The molecule has 0 N–H and O–H groups in total. The summed E-state index contributed by atoms with van der Waals surface area (Å²) in [6.07, 6.45) is 5.59. The van der Waals surface area contributed by atoms with Crippen LogP contribution in [0.2, 0.25) is 5.02 Å². The Morgan fingerprint density at radius 1 is 1.35 bits per heavy atom. The van der Waals surface area contributed by atoms with E-state index >= 15 is 0 Å². The van der Waals surface area contributed by atoms with Gasteiger partial charge in [0.25, 0.3) is 0 Å². The lowest BCUT2D eigenvalue weighted by Crippen LogP contribution is -2.13. The highest BCUT2D eigenvalue weighted by Crippen LogP contribution is 2.25. The molecule has 0 atom stereocenters. The van der Waals surface area contributed by atoms with Crippen LogP contribution in [0.5, 0.6) is 0 Å². The number of hydrogen-bond acceptors (Lipinski definition) is 3. The second kappa shape index (κ2) is 4.86. The van der Waals surface area contributed by atoms with Gasteiger partial charge in [-0.1, -0.05) is 11.6 Å². The molecule has 0 bridgehead atoms. The molecule has 3 nitrogen and oxygen atoms in total. The summed E-state index contributed by atoms with van der Waals surface area (Å²) in [4.78, 5) is 0. The van der Waals surface area contributed by atoms with Crippen LogP contribution in [0, 0.1) is 5.92 Å². The van der Waals surface area contributed by atoms with E-state index in [-0.39, 0.29) is 0 Å². The Hall–Kier alpha value is -0.740. The van der Waals surface area contributed by atoms with Crippen LogP contribution in [0.1, 0.15) is 18.7 Å². The Bertz CT molecular complexity index is 519. The third kappa shape index (κ3) is 2.43. The van der Waals surface area contributed by atoms with Crippen molar-refractivity contribution in [1.82, 2.24) is 14.6 Å². The summed E-state index contributed by atoms with van der Waals surface area (Å²) >= 11 is 7.99. The van der Waals surface area contributed by atoms with Crippen LogP contribution < -0.4 is 0 Å². The largest absolute Gasteiger partial charge is 0.286 e. The molecule has 2 aromatic heterocycles. The maximum atomic E-state index is 5.94. The summed E-state index contributed by atoms with van der Waals surface area (Å²) in [6.45, 7) is 0. The molecule has 0 unspecified atom stereocenters. The van der Waals surface area contributed by atoms with Crippen molar-refractivity contribution in [1.29, 1.82) is 0 Å². The van der Waals surface area contributed by atoms with E-state index in [0.29, 0.717) is 5.02 Å². The summed E-state index contributed by atoms with van der Waals surface area (Å²) < 4.78 is 2.05. The fourth-order valence-corrected chi connectivity index (χ4v) is 3.62. The van der Waals surface area contributed by atoms with Crippen LogP contribution in [-0.2, 0) is 6.42 Å². The number of nitrogens with zero attached hydrogens (tertiary/aromatic N) is 3. The van der Waals surface area contributed by atoms with Gasteiger partial charge in [-0.25, -0.2) is 0 Å². The van der Waals surface area contributed by atoms with Gasteiger partial charge in [0.05, 0.1) is 0 Å². The molecule has 2 aromatic rings. The zero-order valence-electron chi connectivity index (χ0n) is 9.47. The van der Waals surface area contributed by atoms with Crippen LogP contribution in [0.25, 0.3) is 5.65 Å². The first-order valence-electron chi connectivity index (χ1n) is 5.90. The maximum absolute atomic E-state index is 5.94. The van der Waals surface area contributed by atoms with Gasteiger partial charge >= 0.3 is 0 Å². The number of thioether (sulfide) groups is 1. The molecular weight excluding hydrogens is 254 g/mol. The SMILES string of the molecule is Clc1ccn2c(CC3CCSCC3)nnc2c1. The average molecular weight is 268 g/mol. The molecule has 1 fully saturated rings. The van der Waals surface area contributed by atoms with Crippen LogP contribution in [0.4, 0.5) is 0 Å². The van der Waals surface area contributed by atoms with Crippen LogP contribution >= 0.6 is 23.4 Å². The molecule has 1 aliphatic rings. The molecule has 3 rings (SSSR count). The van der Waals surface area contributed by atoms with Gasteiger partial charge in [-0.2, -0.15) is 11.8 Å². The first-order chi connectivity index (χ1) is 8.33. The lowest BCUT2D eigenvalue weighted by Gasteiger charge is -2.20. The fourth-order valence-electron chi connectivity index (χ4n) is 2.26. The topological polar surface area (TPSA) is 30.2 Å². The molecule has 17 heavy (non-hydrogen) atoms. The van der Waals surface area contributed by atoms with E-state index in [1.807, 2.05) is 22.7 Å². The molecular formula is C12H14ClN3S. The molecule has 5 heteroatoms. The predicted octanol–water partition coefficient (Wildman–Crippen LogP) is 3.07. The van der Waals surface area contributed by atoms with Crippen LogP contribution in [0.3, 0.4) is 0 Å². The highest BCUT2D eigenvalue weighted by atomic mass is 35.5. The lowest BCUT2D eigenvalue weighted by atomic mass is 9.98. The minimum Gasteiger partial charge on any atom is -0.286 e. The Labute approximate surface area is 110 Å². The maximum Gasteiger partial charge on any atom is 0.162 e. The molecule has 0 aromatic carbocycles. The van der Waals surface area contributed by atoms with Crippen molar-refractivity contribution < 1.29 is 0 Å². The second-order valence-electron chi connectivity index (χ2n) is 4.45. The van der Waals surface area contributed by atoms with E-state index in [2.05, 4.69) is 22.0 Å². The zero-order chi connectivity index (χ0) is 11.7. The fraction of sp³-hybridized carbons (Fsp3) is 0.500. The van der Waals surface area contributed by atoms with E-state index in [9.17, 15) is 0 Å². The third-order valence-electron chi connectivity index (χ3n) is 3.25. The molecule has 0 saturated carbocycles. The van der Waals surface area contributed by atoms with E-state index < -0.39 is 0 Å². The molecule has 1 aliphatic heterocycles. The van der Waals surface area contributed by atoms with Crippen LogP contribution in [-0.4, -0.2) is 26.1 Å². The smallest absolute Gasteiger partial charge is 0.162 e. The second-order valence-corrected chi connectivity index (χ2v) is 6.11. The van der Waals surface area contributed by atoms with Gasteiger partial charge in [-0.05, 0) is 36.3 Å². The molecule has 0 amide bonds. The van der Waals surface area contributed by atoms with Crippen molar-refractivity contribution in [3.05, 3.63) is 29.2 Å². The van der Waals surface area contributed by atoms with Crippen molar-refractivity contribution in [2.75, 3.05) is 11.5 Å². The van der Waals surface area contributed by atoms with E-state index in [1.54, 1.807) is 0 Å². The van der Waals surface area contributed by atoms with Crippen molar-refractivity contribution in [3.8, 4) is 0 Å². The number of halogens is 1. The van der Waals surface area contributed by atoms with E-state index in [0.717, 1.165) is 23.8 Å². The first kappa shape index (κ1) is 11.4. The Morgan fingerprint density at radius 2 is 2.18 bits per heavy atom. The quantitative estimate of drug-likeness (QED) is 0.838. The van der Waals surface area contributed by atoms with Crippen LogP contribution in [0.15, 0.2) is 18.3 Å². The van der Waals surface area contributed by atoms with E-state index in [1.165, 1.54) is 24.3 Å². The van der Waals surface area contributed by atoms with Crippen molar-refractivity contribution in [3.63, 3.8) is 0 Å². The number of fused-ring (bicyclic) bond motifs is 1. The predicted molar refractivity (Wildman–Crippen MR) is 71.8 cm³/mol. The van der Waals surface area contributed by atoms with Crippen molar-refractivity contribution in [2.45, 2.75) is 19.3 Å². The third-order valence-corrected chi connectivity index (χ3v) is 4.54. The number of pyridine rings is 1. The Morgan fingerprint density at radius 3 is 3.00 bits per heavy atom. The summed E-state index contributed by atoms with van der Waals surface area (Å²) in [5, 5.41) is 9.16. The average Bonchev–Trinajstić information content (AvgIpc) is 2.73. The van der Waals surface area contributed by atoms with Gasteiger partial charge in [0.15, 0.2) is 5.65 Å². The summed E-state index contributed by atoms with van der Waals surface area (Å²) in [6, 6.07) is 3.74. The number of aromatic nitrogens is 3. The summed E-state index contributed by atoms with van der Waals surface area (Å²) in [7, 11) is 0. The Kier molecular flexibility index (Phi) is 3.25. The van der Waals surface area contributed by atoms with Gasteiger partial charge < -0.3 is 0 Å². The van der Waals surface area contributed by atoms with Gasteiger partial charge in [-0.15, -0.1) is 10.2 Å². The highest BCUT2D eigenvalue weighted by molar-refractivity contribution is 7.99. The minimum atomic E-state index is 0.713. The molecule has 1 saturated heterocycles. The molecule has 3 heterocycles. The minimum absolute atomic E-state index is 0.713. The standard InChI is InChI=1S/C12H14ClN3S/c13-10-1-4-16-11(14-15-12(16)8-10)7-9-2-5-17-6-3-9/h1,4,8-9H,2-3,5-7H2. The summed E-state index contributed by atoms with van der Waals surface area (Å²) in [5.41, 5.74) is 0.845. The normalized spacial score (nSPS) is 17.7.